The first-order valence-electron chi connectivity index (χ1n) is 10.2. The first-order chi connectivity index (χ1) is 14.0. The van der Waals surface area contributed by atoms with Crippen molar-refractivity contribution >= 4 is 28.8 Å². The Kier molecular flexibility index (Phi) is 6.82. The lowest BCUT2D eigenvalue weighted by Gasteiger charge is -2.34. The van der Waals surface area contributed by atoms with Crippen molar-refractivity contribution in [3.63, 3.8) is 0 Å². The summed E-state index contributed by atoms with van der Waals surface area (Å²) in [6, 6.07) is 7.12. The molecule has 0 spiro atoms. The molecule has 2 heterocycles. The summed E-state index contributed by atoms with van der Waals surface area (Å²) >= 11 is 0. The summed E-state index contributed by atoms with van der Waals surface area (Å²) in [5, 5.41) is 17.8. The van der Waals surface area contributed by atoms with Gasteiger partial charge in [0.2, 0.25) is 5.95 Å². The Labute approximate surface area is 170 Å². The van der Waals surface area contributed by atoms with E-state index in [0.29, 0.717) is 17.7 Å². The van der Waals surface area contributed by atoms with Crippen LogP contribution in [0.15, 0.2) is 24.3 Å². The smallest absolute Gasteiger partial charge is 0.294 e. The van der Waals surface area contributed by atoms with Gasteiger partial charge in [-0.1, -0.05) is 20.3 Å². The molecule has 4 N–H and O–H groups in total. The summed E-state index contributed by atoms with van der Waals surface area (Å²) in [7, 11) is 0. The molecule has 1 atom stereocenters. The number of piperidine rings is 1. The second-order valence-electron chi connectivity index (χ2n) is 7.29. The number of nitrogen functional groups attached to an aromatic ring is 1. The number of nitro groups is 1. The van der Waals surface area contributed by atoms with Gasteiger partial charge in [-0.25, -0.2) is 4.98 Å². The molecule has 9 heteroatoms. The number of aromatic nitrogens is 2. The van der Waals surface area contributed by atoms with Gasteiger partial charge in [0.25, 0.3) is 5.69 Å². The van der Waals surface area contributed by atoms with E-state index < -0.39 is 4.92 Å². The van der Waals surface area contributed by atoms with E-state index in [2.05, 4.69) is 40.4 Å². The van der Waals surface area contributed by atoms with Crippen LogP contribution in [0.3, 0.4) is 0 Å². The van der Waals surface area contributed by atoms with Gasteiger partial charge in [-0.3, -0.25) is 10.1 Å². The number of anilines is 4. The zero-order valence-electron chi connectivity index (χ0n) is 17.0. The third-order valence-electron chi connectivity index (χ3n) is 4.99. The van der Waals surface area contributed by atoms with E-state index in [4.69, 9.17) is 10.7 Å². The fourth-order valence-electron chi connectivity index (χ4n) is 3.63. The molecule has 1 aromatic heterocycles. The van der Waals surface area contributed by atoms with E-state index in [1.165, 1.54) is 12.1 Å². The Hall–Kier alpha value is -2.94. The van der Waals surface area contributed by atoms with Crippen LogP contribution in [-0.4, -0.2) is 40.6 Å². The summed E-state index contributed by atoms with van der Waals surface area (Å²) in [4.78, 5) is 22.3. The average Bonchev–Trinajstić information content (AvgIpc) is 2.70. The highest BCUT2D eigenvalue weighted by molar-refractivity contribution is 5.68. The standard InChI is InChI=1S/C20H29N7O2/c1-3-6-14-12-19(26-10-5-7-16(13-26)22-4-2)25-20(23-14)24-15-8-9-17(21)18(11-15)27(28)29/h8-9,11-12,16,22H,3-7,10,13,21H2,1-2H3,(H,23,24,25)/t16-/m1/s1. The highest BCUT2D eigenvalue weighted by Crippen LogP contribution is 2.27. The summed E-state index contributed by atoms with van der Waals surface area (Å²) in [6.45, 7) is 7.05. The monoisotopic (exact) mass is 399 g/mol. The Morgan fingerprint density at radius 3 is 2.86 bits per heavy atom. The number of hydrogen-bond acceptors (Lipinski definition) is 8. The number of nitrogens with zero attached hydrogens (tertiary/aromatic N) is 4. The lowest BCUT2D eigenvalue weighted by atomic mass is 10.1. The lowest BCUT2D eigenvalue weighted by Crippen LogP contribution is -2.46. The van der Waals surface area contributed by atoms with Crippen molar-refractivity contribution in [1.29, 1.82) is 0 Å². The second-order valence-corrected chi connectivity index (χ2v) is 7.29. The molecule has 0 bridgehead atoms. The van der Waals surface area contributed by atoms with Gasteiger partial charge < -0.3 is 21.3 Å². The van der Waals surface area contributed by atoms with Gasteiger partial charge in [-0.05, 0) is 37.9 Å². The van der Waals surface area contributed by atoms with Crippen LogP contribution in [0.5, 0.6) is 0 Å². The molecular formula is C20H29N7O2. The molecule has 0 amide bonds. The molecule has 1 aliphatic rings. The van der Waals surface area contributed by atoms with Gasteiger partial charge in [-0.2, -0.15) is 4.98 Å². The molecule has 2 aromatic rings. The van der Waals surface area contributed by atoms with Crippen molar-refractivity contribution in [2.24, 2.45) is 0 Å². The first-order valence-corrected chi connectivity index (χ1v) is 10.2. The predicted molar refractivity (Wildman–Crippen MR) is 116 cm³/mol. The SMILES string of the molecule is CCCc1cc(N2CCC[C@@H](NCC)C2)nc(Nc2ccc(N)c([N+](=O)[O-])c2)n1. The normalized spacial score (nSPS) is 16.6. The van der Waals surface area contributed by atoms with E-state index >= 15 is 0 Å². The Bertz CT molecular complexity index is 857. The quantitative estimate of drug-likeness (QED) is 0.351. The minimum Gasteiger partial charge on any atom is -0.393 e. The highest BCUT2D eigenvalue weighted by atomic mass is 16.6. The maximum absolute atomic E-state index is 11.2. The fraction of sp³-hybridized carbons (Fsp3) is 0.500. The van der Waals surface area contributed by atoms with Gasteiger partial charge in [0.15, 0.2) is 0 Å². The van der Waals surface area contributed by atoms with Crippen LogP contribution >= 0.6 is 0 Å². The van der Waals surface area contributed by atoms with Crippen LogP contribution in [0.2, 0.25) is 0 Å². The van der Waals surface area contributed by atoms with Crippen molar-refractivity contribution in [3.05, 3.63) is 40.1 Å². The topological polar surface area (TPSA) is 122 Å². The number of nitrogens with one attached hydrogen (secondary N) is 2. The van der Waals surface area contributed by atoms with E-state index in [-0.39, 0.29) is 11.4 Å². The summed E-state index contributed by atoms with van der Waals surface area (Å²) in [6.07, 6.45) is 4.09. The molecule has 1 aromatic carbocycles. The van der Waals surface area contributed by atoms with Gasteiger partial charge in [-0.15, -0.1) is 0 Å². The van der Waals surface area contributed by atoms with Crippen LogP contribution in [0.4, 0.5) is 28.8 Å². The molecule has 0 saturated carbocycles. The number of nitrogens with two attached hydrogens (primary N) is 1. The molecule has 29 heavy (non-hydrogen) atoms. The Morgan fingerprint density at radius 1 is 1.31 bits per heavy atom. The van der Waals surface area contributed by atoms with Crippen LogP contribution < -0.4 is 21.3 Å². The third kappa shape index (κ3) is 5.32. The third-order valence-corrected chi connectivity index (χ3v) is 4.99. The molecule has 9 nitrogen and oxygen atoms in total. The maximum atomic E-state index is 11.2. The van der Waals surface area contributed by atoms with Crippen molar-refractivity contribution in [1.82, 2.24) is 15.3 Å². The van der Waals surface area contributed by atoms with Crippen LogP contribution in [0.25, 0.3) is 0 Å². The van der Waals surface area contributed by atoms with E-state index in [1.807, 2.05) is 0 Å². The zero-order valence-corrected chi connectivity index (χ0v) is 17.0. The van der Waals surface area contributed by atoms with Crippen molar-refractivity contribution in [3.8, 4) is 0 Å². The van der Waals surface area contributed by atoms with Gasteiger partial charge in [0.05, 0.1) is 4.92 Å². The molecule has 1 saturated heterocycles. The van der Waals surface area contributed by atoms with Crippen LogP contribution in [0, 0.1) is 10.1 Å². The lowest BCUT2D eigenvalue weighted by molar-refractivity contribution is -0.383. The van der Waals surface area contributed by atoms with Crippen LogP contribution in [0.1, 0.15) is 38.8 Å². The van der Waals surface area contributed by atoms with E-state index in [9.17, 15) is 10.1 Å². The van der Waals surface area contributed by atoms with Gasteiger partial charge >= 0.3 is 0 Å². The number of aryl methyl sites for hydroxylation is 1. The molecule has 0 aliphatic carbocycles. The number of likely N-dealkylation sites (N-methyl/N-ethyl adjacent to an activating group) is 1. The molecular weight excluding hydrogens is 370 g/mol. The fourth-order valence-corrected chi connectivity index (χ4v) is 3.63. The molecule has 0 radical (unpaired) electrons. The largest absolute Gasteiger partial charge is 0.393 e. The summed E-state index contributed by atoms with van der Waals surface area (Å²) in [5.41, 5.74) is 7.18. The average molecular weight is 399 g/mol. The number of nitro benzene ring substituents is 1. The Balaban J connectivity index is 1.87. The second kappa shape index (κ2) is 9.51. The molecule has 1 fully saturated rings. The summed E-state index contributed by atoms with van der Waals surface area (Å²) < 4.78 is 0. The summed E-state index contributed by atoms with van der Waals surface area (Å²) in [5.74, 6) is 1.33. The number of rotatable bonds is 8. The number of hydrogen-bond donors (Lipinski definition) is 3. The first kappa shape index (κ1) is 20.8. The molecule has 3 rings (SSSR count). The minimum atomic E-state index is -0.491. The Morgan fingerprint density at radius 2 is 2.14 bits per heavy atom. The highest BCUT2D eigenvalue weighted by Gasteiger charge is 2.21. The van der Waals surface area contributed by atoms with Gasteiger partial charge in [0, 0.05) is 42.6 Å². The van der Waals surface area contributed by atoms with E-state index in [0.717, 1.165) is 56.8 Å². The molecule has 1 aliphatic heterocycles. The predicted octanol–water partition coefficient (Wildman–Crippen LogP) is 3.24. The maximum Gasteiger partial charge on any atom is 0.294 e. The van der Waals surface area contributed by atoms with Crippen LogP contribution in [-0.2, 0) is 6.42 Å². The van der Waals surface area contributed by atoms with Crippen molar-refractivity contribution in [2.45, 2.75) is 45.6 Å². The minimum absolute atomic E-state index is 0.129. The van der Waals surface area contributed by atoms with Crippen molar-refractivity contribution in [2.75, 3.05) is 35.6 Å². The van der Waals surface area contributed by atoms with E-state index in [1.54, 1.807) is 6.07 Å². The molecule has 156 valence electrons. The zero-order chi connectivity index (χ0) is 20.8. The number of benzene rings is 1. The molecule has 0 unspecified atom stereocenters. The van der Waals surface area contributed by atoms with Gasteiger partial charge in [0.1, 0.15) is 11.5 Å². The van der Waals surface area contributed by atoms with Crippen molar-refractivity contribution < 1.29 is 4.92 Å².